The van der Waals surface area contributed by atoms with Gasteiger partial charge in [-0.25, -0.2) is 0 Å². The molecule has 4 rings (SSSR count). The van der Waals surface area contributed by atoms with Gasteiger partial charge in [0.25, 0.3) is 0 Å². The Hall–Kier alpha value is -1.80. The molecule has 0 saturated heterocycles. The lowest BCUT2D eigenvalue weighted by Crippen LogP contribution is -2.31. The van der Waals surface area contributed by atoms with Gasteiger partial charge >= 0.3 is 0 Å². The third kappa shape index (κ3) is 2.68. The van der Waals surface area contributed by atoms with Gasteiger partial charge in [-0.3, -0.25) is 0 Å². The van der Waals surface area contributed by atoms with E-state index in [1.807, 2.05) is 0 Å². The van der Waals surface area contributed by atoms with Gasteiger partial charge in [0, 0.05) is 24.3 Å². The van der Waals surface area contributed by atoms with Gasteiger partial charge in [-0.2, -0.15) is 0 Å². The monoisotopic (exact) mass is 279 g/mol. The molecule has 1 fully saturated rings. The van der Waals surface area contributed by atoms with E-state index in [1.54, 1.807) is 0 Å². The Morgan fingerprint density at radius 2 is 1.67 bits per heavy atom. The van der Waals surface area contributed by atoms with Gasteiger partial charge in [0.05, 0.1) is 12.7 Å². The minimum absolute atomic E-state index is 0.420. The van der Waals surface area contributed by atoms with Gasteiger partial charge in [-0.1, -0.05) is 36.4 Å². The molecular weight excluding hydrogens is 258 g/mol. The molecule has 1 unspecified atom stereocenters. The van der Waals surface area contributed by atoms with Crippen LogP contribution in [0.5, 0.6) is 0 Å². The lowest BCUT2D eigenvalue weighted by atomic mass is 10.0. The average molecular weight is 279 g/mol. The van der Waals surface area contributed by atoms with Crippen molar-refractivity contribution in [3.05, 3.63) is 60.2 Å². The third-order valence-corrected chi connectivity index (χ3v) is 4.57. The molecule has 21 heavy (non-hydrogen) atoms. The molecular formula is C19H21NO. The topological polar surface area (TPSA) is 12.5 Å². The minimum Gasteiger partial charge on any atom is -0.376 e. The van der Waals surface area contributed by atoms with E-state index in [0.717, 1.165) is 25.5 Å². The van der Waals surface area contributed by atoms with Gasteiger partial charge in [-0.05, 0) is 42.5 Å². The maximum absolute atomic E-state index is 6.17. The summed E-state index contributed by atoms with van der Waals surface area (Å²) in [5, 5.41) is 0. The van der Waals surface area contributed by atoms with Gasteiger partial charge in [0.1, 0.15) is 0 Å². The molecule has 1 saturated carbocycles. The molecule has 2 aromatic rings. The molecule has 0 spiro atoms. The number of rotatable bonds is 2. The summed E-state index contributed by atoms with van der Waals surface area (Å²) in [6.07, 6.45) is 4.15. The van der Waals surface area contributed by atoms with Crippen LogP contribution in [0, 0.1) is 5.92 Å². The summed E-state index contributed by atoms with van der Waals surface area (Å²) in [6, 6.07) is 19.4. The van der Waals surface area contributed by atoms with Crippen LogP contribution in [0.15, 0.2) is 54.6 Å². The van der Waals surface area contributed by atoms with Crippen molar-refractivity contribution < 1.29 is 4.74 Å². The van der Waals surface area contributed by atoms with Crippen LogP contribution in [0.2, 0.25) is 0 Å². The standard InChI is InChI=1S/C19H21NO/c1-2-7-17(8-3-1)20-12-13-21-19(15-10-11-15)14-16-6-4-5-9-18(16)20/h1-9,15,19H,10-14H2. The Bertz CT molecular complexity index is 606. The summed E-state index contributed by atoms with van der Waals surface area (Å²) in [7, 11) is 0. The molecule has 1 aliphatic carbocycles. The van der Waals surface area contributed by atoms with E-state index in [-0.39, 0.29) is 0 Å². The van der Waals surface area contributed by atoms with Gasteiger partial charge in [-0.15, -0.1) is 0 Å². The van der Waals surface area contributed by atoms with Crippen LogP contribution in [0.1, 0.15) is 18.4 Å². The van der Waals surface area contributed by atoms with Crippen LogP contribution in [-0.2, 0) is 11.2 Å². The summed E-state index contributed by atoms with van der Waals surface area (Å²) in [5.74, 6) is 0.793. The number of ether oxygens (including phenoxy) is 1. The van der Waals surface area contributed by atoms with Crippen molar-refractivity contribution >= 4 is 11.4 Å². The Balaban J connectivity index is 1.71. The van der Waals surface area contributed by atoms with Gasteiger partial charge in [0.2, 0.25) is 0 Å². The van der Waals surface area contributed by atoms with Crippen molar-refractivity contribution in [1.82, 2.24) is 0 Å². The van der Waals surface area contributed by atoms with E-state index in [2.05, 4.69) is 59.5 Å². The minimum atomic E-state index is 0.420. The van der Waals surface area contributed by atoms with Gasteiger partial charge < -0.3 is 9.64 Å². The van der Waals surface area contributed by atoms with Crippen molar-refractivity contribution in [2.24, 2.45) is 5.92 Å². The Kier molecular flexibility index (Phi) is 3.40. The van der Waals surface area contributed by atoms with Crippen LogP contribution in [0.3, 0.4) is 0 Å². The van der Waals surface area contributed by atoms with E-state index in [0.29, 0.717) is 6.10 Å². The summed E-state index contributed by atoms with van der Waals surface area (Å²) < 4.78 is 6.17. The summed E-state index contributed by atoms with van der Waals surface area (Å²) >= 11 is 0. The molecule has 0 radical (unpaired) electrons. The highest BCUT2D eigenvalue weighted by Crippen LogP contribution is 2.39. The van der Waals surface area contributed by atoms with E-state index >= 15 is 0 Å². The summed E-state index contributed by atoms with van der Waals surface area (Å²) in [5.41, 5.74) is 4.01. The molecule has 2 aliphatic rings. The molecule has 0 N–H and O–H groups in total. The lowest BCUT2D eigenvalue weighted by Gasteiger charge is -2.32. The molecule has 0 aromatic heterocycles. The van der Waals surface area contributed by atoms with Crippen LogP contribution in [0.4, 0.5) is 11.4 Å². The third-order valence-electron chi connectivity index (χ3n) is 4.57. The first kappa shape index (κ1) is 12.9. The number of nitrogens with zero attached hydrogens (tertiary/aromatic N) is 1. The van der Waals surface area contributed by atoms with E-state index in [4.69, 9.17) is 4.74 Å². The smallest absolute Gasteiger partial charge is 0.0649 e. The SMILES string of the molecule is c1ccc(N2CCOC(C3CC3)Cc3ccccc32)cc1. The first-order valence-corrected chi connectivity index (χ1v) is 7.94. The van der Waals surface area contributed by atoms with Crippen molar-refractivity contribution in [3.8, 4) is 0 Å². The zero-order valence-electron chi connectivity index (χ0n) is 12.2. The number of fused-ring (bicyclic) bond motifs is 1. The fourth-order valence-electron chi connectivity index (χ4n) is 3.29. The number of benzene rings is 2. The van der Waals surface area contributed by atoms with Crippen LogP contribution >= 0.6 is 0 Å². The summed E-state index contributed by atoms with van der Waals surface area (Å²) in [4.78, 5) is 2.39. The van der Waals surface area contributed by atoms with Crippen molar-refractivity contribution in [2.45, 2.75) is 25.4 Å². The molecule has 2 heteroatoms. The van der Waals surface area contributed by atoms with Crippen molar-refractivity contribution in [1.29, 1.82) is 0 Å². The first-order chi connectivity index (χ1) is 10.4. The zero-order valence-corrected chi connectivity index (χ0v) is 12.2. The van der Waals surface area contributed by atoms with Gasteiger partial charge in [0.15, 0.2) is 0 Å². The molecule has 0 amide bonds. The zero-order chi connectivity index (χ0) is 14.1. The first-order valence-electron chi connectivity index (χ1n) is 7.94. The highest BCUT2D eigenvalue weighted by Gasteiger charge is 2.33. The Morgan fingerprint density at radius 1 is 0.905 bits per heavy atom. The lowest BCUT2D eigenvalue weighted by molar-refractivity contribution is 0.0419. The van der Waals surface area contributed by atoms with Crippen LogP contribution in [0.25, 0.3) is 0 Å². The largest absolute Gasteiger partial charge is 0.376 e. The average Bonchev–Trinajstić information content (AvgIpc) is 3.34. The number of hydrogen-bond acceptors (Lipinski definition) is 2. The predicted molar refractivity (Wildman–Crippen MR) is 86.1 cm³/mol. The second-order valence-electron chi connectivity index (χ2n) is 6.07. The molecule has 0 bridgehead atoms. The predicted octanol–water partition coefficient (Wildman–Crippen LogP) is 4.18. The van der Waals surface area contributed by atoms with Crippen molar-refractivity contribution in [2.75, 3.05) is 18.1 Å². The second kappa shape index (κ2) is 5.53. The molecule has 2 aromatic carbocycles. The highest BCUT2D eigenvalue weighted by molar-refractivity contribution is 5.66. The molecule has 108 valence electrons. The molecule has 1 aliphatic heterocycles. The number of para-hydroxylation sites is 2. The second-order valence-corrected chi connectivity index (χ2v) is 6.07. The summed E-state index contributed by atoms with van der Waals surface area (Å²) in [6.45, 7) is 1.73. The van der Waals surface area contributed by atoms with E-state index in [1.165, 1.54) is 29.8 Å². The maximum atomic E-state index is 6.17. The quantitative estimate of drug-likeness (QED) is 0.818. The van der Waals surface area contributed by atoms with E-state index < -0.39 is 0 Å². The Morgan fingerprint density at radius 3 is 2.48 bits per heavy atom. The number of anilines is 2. The Labute approximate surface area is 126 Å². The molecule has 2 nitrogen and oxygen atoms in total. The maximum Gasteiger partial charge on any atom is 0.0649 e. The van der Waals surface area contributed by atoms with Crippen LogP contribution in [-0.4, -0.2) is 19.3 Å². The van der Waals surface area contributed by atoms with Crippen molar-refractivity contribution in [3.63, 3.8) is 0 Å². The fourth-order valence-corrected chi connectivity index (χ4v) is 3.29. The van der Waals surface area contributed by atoms with Crippen LogP contribution < -0.4 is 4.90 Å². The normalized spacial score (nSPS) is 22.3. The molecule has 1 atom stereocenters. The molecule has 1 heterocycles. The highest BCUT2D eigenvalue weighted by atomic mass is 16.5. The number of hydrogen-bond donors (Lipinski definition) is 0. The van der Waals surface area contributed by atoms with E-state index in [9.17, 15) is 0 Å². The fraction of sp³-hybridized carbons (Fsp3) is 0.368.